The van der Waals surface area contributed by atoms with Gasteiger partial charge in [-0.25, -0.2) is 17.7 Å². The number of nitrogens with one attached hydrogen (secondary N) is 1. The lowest BCUT2D eigenvalue weighted by Crippen LogP contribution is -2.37. The first-order chi connectivity index (χ1) is 15.4. The molecule has 33 heavy (non-hydrogen) atoms. The fourth-order valence-corrected chi connectivity index (χ4v) is 4.74. The van der Waals surface area contributed by atoms with Gasteiger partial charge in [-0.2, -0.15) is 13.9 Å². The molecule has 0 aromatic heterocycles. The molecule has 0 fully saturated rings. The number of benzene rings is 2. The average molecular weight is 493 g/mol. The van der Waals surface area contributed by atoms with Crippen molar-refractivity contribution in [3.63, 3.8) is 0 Å². The largest absolute Gasteiger partial charge is 0.513 e. The summed E-state index contributed by atoms with van der Waals surface area (Å²) in [7, 11) is -4.94. The highest BCUT2D eigenvalue weighted by molar-refractivity contribution is 7.52. The zero-order valence-corrected chi connectivity index (χ0v) is 18.8. The van der Waals surface area contributed by atoms with Gasteiger partial charge in [-0.1, -0.05) is 6.07 Å². The van der Waals surface area contributed by atoms with Crippen LogP contribution in [0.3, 0.4) is 0 Å². The van der Waals surface area contributed by atoms with Gasteiger partial charge in [0.25, 0.3) is 0 Å². The molecule has 0 amide bonds. The molecule has 0 unspecified atom stereocenters. The summed E-state index contributed by atoms with van der Waals surface area (Å²) in [5, 5.41) is 2.14. The van der Waals surface area contributed by atoms with Crippen LogP contribution >= 0.6 is 7.75 Å². The molecule has 0 radical (unpaired) electrons. The lowest BCUT2D eigenvalue weighted by molar-refractivity contribution is -0.149. The van der Waals surface area contributed by atoms with Crippen LogP contribution in [0.4, 0.5) is 22.0 Å². The van der Waals surface area contributed by atoms with Crippen LogP contribution in [-0.4, -0.2) is 18.1 Å². The van der Waals surface area contributed by atoms with E-state index in [4.69, 9.17) is 13.8 Å². The molecule has 0 bridgehead atoms. The van der Waals surface area contributed by atoms with Crippen LogP contribution in [-0.2, 0) is 26.9 Å². The normalized spacial score (nSPS) is 15.7. The molecule has 1 aliphatic carbocycles. The van der Waals surface area contributed by atoms with E-state index in [0.717, 1.165) is 24.0 Å². The molecular formula is C21H21F5NO5P. The van der Waals surface area contributed by atoms with Gasteiger partial charge in [-0.15, -0.1) is 0 Å². The van der Waals surface area contributed by atoms with Gasteiger partial charge in [-0.05, 0) is 63.3 Å². The van der Waals surface area contributed by atoms with Crippen molar-refractivity contribution in [2.24, 2.45) is 0 Å². The maximum Gasteiger partial charge on any atom is 0.513 e. The first-order valence-corrected chi connectivity index (χ1v) is 11.6. The molecule has 3 rings (SSSR count). The minimum absolute atomic E-state index is 0.0558. The molecule has 2 aromatic rings. The topological polar surface area (TPSA) is 73.9 Å². The summed E-state index contributed by atoms with van der Waals surface area (Å²) in [6.07, 6.45) is 1.87. The smallest absolute Gasteiger partial charge is 0.462 e. The van der Waals surface area contributed by atoms with Crippen molar-refractivity contribution < 1.29 is 45.1 Å². The Morgan fingerprint density at radius 2 is 1.48 bits per heavy atom. The third kappa shape index (κ3) is 5.47. The average Bonchev–Trinajstić information content (AvgIpc) is 3.21. The van der Waals surface area contributed by atoms with E-state index in [0.29, 0.717) is 6.42 Å². The molecule has 12 heteroatoms. The van der Waals surface area contributed by atoms with Crippen LogP contribution in [0, 0.1) is 29.1 Å². The van der Waals surface area contributed by atoms with Crippen LogP contribution in [0.2, 0.25) is 0 Å². The molecule has 0 saturated heterocycles. The molecule has 2 atom stereocenters. The summed E-state index contributed by atoms with van der Waals surface area (Å²) >= 11 is 0. The number of esters is 1. The second-order valence-electron chi connectivity index (χ2n) is 7.70. The molecule has 1 N–H and O–H groups in total. The Morgan fingerprint density at radius 3 is 2.09 bits per heavy atom. The van der Waals surface area contributed by atoms with Gasteiger partial charge in [0.2, 0.25) is 34.8 Å². The Bertz CT molecular complexity index is 1100. The van der Waals surface area contributed by atoms with Crippen LogP contribution in [0.25, 0.3) is 0 Å². The number of carbonyl (C=O) groups excluding carboxylic acids is 1. The number of carbonyl (C=O) groups is 1. The molecule has 1 aliphatic rings. The molecule has 180 valence electrons. The Kier molecular flexibility index (Phi) is 7.33. The molecule has 0 heterocycles. The zero-order chi connectivity index (χ0) is 24.5. The summed E-state index contributed by atoms with van der Waals surface area (Å²) in [5.74, 6) is -14.5. The zero-order valence-electron chi connectivity index (χ0n) is 17.9. The van der Waals surface area contributed by atoms with E-state index >= 15 is 0 Å². The number of hydrogen-bond donors (Lipinski definition) is 1. The van der Waals surface area contributed by atoms with Gasteiger partial charge in [0, 0.05) is 0 Å². The quantitative estimate of drug-likeness (QED) is 0.175. The number of aryl methyl sites for hydroxylation is 2. The predicted octanol–water partition coefficient (Wildman–Crippen LogP) is 5.37. The van der Waals surface area contributed by atoms with Crippen LogP contribution in [0.15, 0.2) is 18.2 Å². The molecular weight excluding hydrogens is 472 g/mol. The molecule has 0 spiro atoms. The minimum atomic E-state index is -4.94. The highest BCUT2D eigenvalue weighted by atomic mass is 31.2. The Labute approximate surface area is 186 Å². The van der Waals surface area contributed by atoms with Gasteiger partial charge >= 0.3 is 13.7 Å². The first kappa shape index (κ1) is 25.0. The molecule has 2 aromatic carbocycles. The minimum Gasteiger partial charge on any atom is -0.462 e. The summed E-state index contributed by atoms with van der Waals surface area (Å²) < 4.78 is 97.4. The van der Waals surface area contributed by atoms with Crippen molar-refractivity contribution >= 4 is 13.7 Å². The van der Waals surface area contributed by atoms with Crippen LogP contribution in [0.5, 0.6) is 11.5 Å². The number of fused-ring (bicyclic) bond motifs is 1. The maximum absolute atomic E-state index is 14.2. The van der Waals surface area contributed by atoms with E-state index < -0.39 is 60.7 Å². The Hall–Kier alpha value is -2.65. The van der Waals surface area contributed by atoms with Crippen molar-refractivity contribution in [1.29, 1.82) is 0 Å². The number of ether oxygens (including phenoxy) is 1. The van der Waals surface area contributed by atoms with E-state index in [1.54, 1.807) is 19.9 Å². The Balaban J connectivity index is 1.98. The summed E-state index contributed by atoms with van der Waals surface area (Å²) in [6.45, 7) is 4.30. The number of hydrogen-bond acceptors (Lipinski definition) is 5. The van der Waals surface area contributed by atoms with Crippen LogP contribution < -0.4 is 14.1 Å². The second-order valence-corrected chi connectivity index (χ2v) is 9.32. The fourth-order valence-electron chi connectivity index (χ4n) is 3.22. The standard InChI is InChI=1S/C21H21F5NO5P/c1-10(2)30-21(28)11(3)27-33(29,31-14-8-7-12-5-4-6-13(12)9-14)32-20-18(25)16(23)15(22)17(24)19(20)26/h7-11H,4-6H2,1-3H3,(H,27,29)/t11-,33-/m0/s1. The van der Waals surface area contributed by atoms with Crippen molar-refractivity contribution in [3.8, 4) is 11.5 Å². The van der Waals surface area contributed by atoms with E-state index in [9.17, 15) is 31.3 Å². The molecule has 0 saturated carbocycles. The second kappa shape index (κ2) is 9.69. The highest BCUT2D eigenvalue weighted by Gasteiger charge is 2.38. The predicted molar refractivity (Wildman–Crippen MR) is 107 cm³/mol. The lowest BCUT2D eigenvalue weighted by atomic mass is 10.1. The Morgan fingerprint density at radius 1 is 0.909 bits per heavy atom. The van der Waals surface area contributed by atoms with Gasteiger partial charge in [0.15, 0.2) is 0 Å². The maximum atomic E-state index is 14.2. The molecule has 6 nitrogen and oxygen atoms in total. The van der Waals surface area contributed by atoms with Gasteiger partial charge in [-0.3, -0.25) is 4.79 Å². The van der Waals surface area contributed by atoms with Crippen molar-refractivity contribution in [1.82, 2.24) is 5.09 Å². The highest BCUT2D eigenvalue weighted by Crippen LogP contribution is 2.48. The van der Waals surface area contributed by atoms with E-state index in [-0.39, 0.29) is 5.75 Å². The molecule has 0 aliphatic heterocycles. The number of halogens is 5. The SMILES string of the molecule is CC(C)OC(=O)[C@H](C)N[P@](=O)(Oc1ccc2c(c1)CCC2)Oc1c(F)c(F)c(F)c(F)c1F. The monoisotopic (exact) mass is 493 g/mol. The summed E-state index contributed by atoms with van der Waals surface area (Å²) in [5.41, 5.74) is 1.90. The summed E-state index contributed by atoms with van der Waals surface area (Å²) in [6, 6.07) is 3.23. The third-order valence-electron chi connectivity index (χ3n) is 4.73. The van der Waals surface area contributed by atoms with Crippen molar-refractivity contribution in [3.05, 3.63) is 58.4 Å². The van der Waals surface area contributed by atoms with E-state index in [2.05, 4.69) is 5.09 Å². The first-order valence-electron chi connectivity index (χ1n) is 10.0. The van der Waals surface area contributed by atoms with Gasteiger partial charge in [0.1, 0.15) is 11.8 Å². The fraction of sp³-hybridized carbons (Fsp3) is 0.381. The van der Waals surface area contributed by atoms with Gasteiger partial charge in [0.05, 0.1) is 6.10 Å². The summed E-state index contributed by atoms with van der Waals surface area (Å²) in [4.78, 5) is 12.1. The van der Waals surface area contributed by atoms with E-state index in [1.807, 2.05) is 0 Å². The van der Waals surface area contributed by atoms with E-state index in [1.165, 1.54) is 19.1 Å². The van der Waals surface area contributed by atoms with Gasteiger partial charge < -0.3 is 13.8 Å². The van der Waals surface area contributed by atoms with Crippen LogP contribution in [0.1, 0.15) is 38.3 Å². The number of rotatable bonds is 8. The lowest BCUT2D eigenvalue weighted by Gasteiger charge is -2.24. The van der Waals surface area contributed by atoms with Crippen molar-refractivity contribution in [2.75, 3.05) is 0 Å². The third-order valence-corrected chi connectivity index (χ3v) is 6.31. The van der Waals surface area contributed by atoms with Crippen molar-refractivity contribution in [2.45, 2.75) is 52.2 Å².